The second kappa shape index (κ2) is 4.81. The van der Waals surface area contributed by atoms with Crippen molar-refractivity contribution in [3.63, 3.8) is 0 Å². The normalized spacial score (nSPS) is 25.9. The third kappa shape index (κ3) is 2.89. The molecule has 3 nitrogen and oxygen atoms in total. The molecule has 96 valence electrons. The number of carbonyl (C=O) groups excluding carboxylic acids is 1. The molecule has 0 aliphatic carbocycles. The van der Waals surface area contributed by atoms with Gasteiger partial charge in [-0.15, -0.1) is 0 Å². The second-order valence-electron chi connectivity index (χ2n) is 6.20. The SMILES string of the molecule is CC(C)(C)C1=CCN(C(=O)C2CCNC2)CC1. The molecule has 3 heteroatoms. The standard InChI is InChI=1S/C14H24N2O/c1-14(2,3)12-5-8-16(9-6-12)13(17)11-4-7-15-10-11/h5,11,15H,4,6-10H2,1-3H3. The zero-order chi connectivity index (χ0) is 12.5. The summed E-state index contributed by atoms with van der Waals surface area (Å²) in [6.07, 6.45) is 4.30. The van der Waals surface area contributed by atoms with Crippen LogP contribution in [-0.4, -0.2) is 37.0 Å². The molecule has 1 saturated heterocycles. The molecular weight excluding hydrogens is 212 g/mol. The monoisotopic (exact) mass is 236 g/mol. The summed E-state index contributed by atoms with van der Waals surface area (Å²) >= 11 is 0. The molecule has 1 unspecified atom stereocenters. The fourth-order valence-electron chi connectivity index (χ4n) is 2.67. The lowest BCUT2D eigenvalue weighted by Gasteiger charge is -2.33. The zero-order valence-electron chi connectivity index (χ0n) is 11.3. The van der Waals surface area contributed by atoms with Gasteiger partial charge in [0, 0.05) is 19.6 Å². The first-order valence-corrected chi connectivity index (χ1v) is 6.67. The van der Waals surface area contributed by atoms with E-state index in [-0.39, 0.29) is 11.3 Å². The minimum atomic E-state index is 0.222. The van der Waals surface area contributed by atoms with Gasteiger partial charge >= 0.3 is 0 Å². The Balaban J connectivity index is 1.94. The molecule has 17 heavy (non-hydrogen) atoms. The average Bonchev–Trinajstić information content (AvgIpc) is 2.80. The van der Waals surface area contributed by atoms with Crippen LogP contribution in [0.25, 0.3) is 0 Å². The number of rotatable bonds is 1. The Labute approximate surface area is 104 Å². The number of hydrogen-bond donors (Lipinski definition) is 1. The number of hydrogen-bond acceptors (Lipinski definition) is 2. The van der Waals surface area contributed by atoms with Crippen LogP contribution < -0.4 is 5.32 Å². The molecule has 0 bridgehead atoms. The summed E-state index contributed by atoms with van der Waals surface area (Å²) in [7, 11) is 0. The largest absolute Gasteiger partial charge is 0.338 e. The van der Waals surface area contributed by atoms with E-state index >= 15 is 0 Å². The molecule has 0 saturated carbocycles. The van der Waals surface area contributed by atoms with Crippen LogP contribution in [0.4, 0.5) is 0 Å². The summed E-state index contributed by atoms with van der Waals surface area (Å²) in [6.45, 7) is 10.3. The van der Waals surface area contributed by atoms with Crippen molar-refractivity contribution in [3.8, 4) is 0 Å². The van der Waals surface area contributed by atoms with E-state index in [4.69, 9.17) is 0 Å². The summed E-state index contributed by atoms with van der Waals surface area (Å²) in [6, 6.07) is 0. The maximum atomic E-state index is 12.2. The van der Waals surface area contributed by atoms with Gasteiger partial charge in [0.2, 0.25) is 5.91 Å². The van der Waals surface area contributed by atoms with Gasteiger partial charge in [0.25, 0.3) is 0 Å². The third-order valence-electron chi connectivity index (χ3n) is 3.89. The van der Waals surface area contributed by atoms with Crippen LogP contribution in [0.5, 0.6) is 0 Å². The van der Waals surface area contributed by atoms with Crippen LogP contribution in [-0.2, 0) is 4.79 Å². The van der Waals surface area contributed by atoms with Crippen molar-refractivity contribution < 1.29 is 4.79 Å². The molecule has 1 N–H and O–H groups in total. The Morgan fingerprint density at radius 2 is 2.24 bits per heavy atom. The Morgan fingerprint density at radius 3 is 2.71 bits per heavy atom. The summed E-state index contributed by atoms with van der Waals surface area (Å²) < 4.78 is 0. The maximum absolute atomic E-state index is 12.2. The highest BCUT2D eigenvalue weighted by Gasteiger charge is 2.29. The summed E-state index contributed by atoms with van der Waals surface area (Å²) in [4.78, 5) is 14.2. The van der Waals surface area contributed by atoms with Crippen LogP contribution in [0.2, 0.25) is 0 Å². The van der Waals surface area contributed by atoms with E-state index < -0.39 is 0 Å². The van der Waals surface area contributed by atoms with Crippen molar-refractivity contribution in [2.75, 3.05) is 26.2 Å². The molecule has 1 fully saturated rings. The van der Waals surface area contributed by atoms with Crippen molar-refractivity contribution in [2.24, 2.45) is 11.3 Å². The Kier molecular flexibility index (Phi) is 3.57. The van der Waals surface area contributed by atoms with E-state index in [1.165, 1.54) is 5.57 Å². The fourth-order valence-corrected chi connectivity index (χ4v) is 2.67. The lowest BCUT2D eigenvalue weighted by Crippen LogP contribution is -2.40. The van der Waals surface area contributed by atoms with Crippen molar-refractivity contribution >= 4 is 5.91 Å². The third-order valence-corrected chi connectivity index (χ3v) is 3.89. The quantitative estimate of drug-likeness (QED) is 0.704. The minimum absolute atomic E-state index is 0.222. The number of carbonyl (C=O) groups is 1. The van der Waals surface area contributed by atoms with Gasteiger partial charge in [-0.05, 0) is 24.8 Å². The molecule has 0 radical (unpaired) electrons. The lowest BCUT2D eigenvalue weighted by atomic mass is 9.83. The molecule has 2 aliphatic heterocycles. The van der Waals surface area contributed by atoms with Gasteiger partial charge in [-0.3, -0.25) is 4.79 Å². The molecular formula is C14H24N2O. The van der Waals surface area contributed by atoms with E-state index in [0.717, 1.165) is 39.0 Å². The first kappa shape index (κ1) is 12.6. The minimum Gasteiger partial charge on any atom is -0.338 e. The Hall–Kier alpha value is -0.830. The van der Waals surface area contributed by atoms with E-state index in [9.17, 15) is 4.79 Å². The van der Waals surface area contributed by atoms with Crippen molar-refractivity contribution in [2.45, 2.75) is 33.6 Å². The van der Waals surface area contributed by atoms with E-state index in [1.54, 1.807) is 0 Å². The molecule has 0 aromatic rings. The Morgan fingerprint density at radius 1 is 1.47 bits per heavy atom. The van der Waals surface area contributed by atoms with Gasteiger partial charge in [0.05, 0.1) is 5.92 Å². The van der Waals surface area contributed by atoms with E-state index in [1.807, 2.05) is 4.90 Å². The highest BCUT2D eigenvalue weighted by molar-refractivity contribution is 5.79. The van der Waals surface area contributed by atoms with Gasteiger partial charge in [0.15, 0.2) is 0 Å². The molecule has 1 atom stereocenters. The van der Waals surface area contributed by atoms with Crippen molar-refractivity contribution in [1.29, 1.82) is 0 Å². The van der Waals surface area contributed by atoms with Crippen molar-refractivity contribution in [1.82, 2.24) is 10.2 Å². The smallest absolute Gasteiger partial charge is 0.227 e. The zero-order valence-corrected chi connectivity index (χ0v) is 11.3. The van der Waals surface area contributed by atoms with E-state index in [2.05, 4.69) is 32.2 Å². The maximum Gasteiger partial charge on any atom is 0.227 e. The van der Waals surface area contributed by atoms with Crippen molar-refractivity contribution in [3.05, 3.63) is 11.6 Å². The summed E-state index contributed by atoms with van der Waals surface area (Å²) in [5.74, 6) is 0.568. The van der Waals surface area contributed by atoms with Gasteiger partial charge in [0.1, 0.15) is 0 Å². The van der Waals surface area contributed by atoms with Gasteiger partial charge in [-0.25, -0.2) is 0 Å². The number of nitrogens with zero attached hydrogens (tertiary/aromatic N) is 1. The molecule has 2 heterocycles. The molecule has 0 aromatic heterocycles. The van der Waals surface area contributed by atoms with Gasteiger partial charge in [-0.2, -0.15) is 0 Å². The van der Waals surface area contributed by atoms with E-state index in [0.29, 0.717) is 5.91 Å². The lowest BCUT2D eigenvalue weighted by molar-refractivity contribution is -0.134. The predicted octanol–water partition coefficient (Wildman–Crippen LogP) is 1.80. The first-order valence-electron chi connectivity index (χ1n) is 6.67. The van der Waals surface area contributed by atoms with Crippen LogP contribution in [0.1, 0.15) is 33.6 Å². The Bertz CT molecular complexity index is 322. The van der Waals surface area contributed by atoms with Crippen LogP contribution >= 0.6 is 0 Å². The molecule has 1 amide bonds. The molecule has 0 spiro atoms. The molecule has 2 rings (SSSR count). The first-order chi connectivity index (χ1) is 7.98. The fraction of sp³-hybridized carbons (Fsp3) is 0.786. The number of amides is 1. The number of nitrogens with one attached hydrogen (secondary N) is 1. The van der Waals surface area contributed by atoms with Crippen LogP contribution in [0.3, 0.4) is 0 Å². The van der Waals surface area contributed by atoms with Crippen LogP contribution in [0, 0.1) is 11.3 Å². The van der Waals surface area contributed by atoms with Gasteiger partial charge < -0.3 is 10.2 Å². The topological polar surface area (TPSA) is 32.3 Å². The van der Waals surface area contributed by atoms with Crippen LogP contribution in [0.15, 0.2) is 11.6 Å². The second-order valence-corrected chi connectivity index (χ2v) is 6.20. The van der Waals surface area contributed by atoms with Gasteiger partial charge in [-0.1, -0.05) is 32.4 Å². The summed E-state index contributed by atoms with van der Waals surface area (Å²) in [5, 5.41) is 3.26. The average molecular weight is 236 g/mol. The predicted molar refractivity (Wildman–Crippen MR) is 69.7 cm³/mol. The molecule has 2 aliphatic rings. The molecule has 0 aromatic carbocycles. The highest BCUT2D eigenvalue weighted by Crippen LogP contribution is 2.30. The summed E-state index contributed by atoms with van der Waals surface area (Å²) in [5.41, 5.74) is 1.75. The highest BCUT2D eigenvalue weighted by atomic mass is 16.2.